The third kappa shape index (κ3) is 2.27. The van der Waals surface area contributed by atoms with E-state index in [1.54, 1.807) is 0 Å². The molecule has 3 nitrogen and oxygen atoms in total. The number of likely N-dealkylation sites (tertiary alicyclic amines) is 2. The van der Waals surface area contributed by atoms with E-state index in [0.717, 1.165) is 18.1 Å². The molecule has 3 heteroatoms. The molecule has 2 atom stereocenters. The summed E-state index contributed by atoms with van der Waals surface area (Å²) >= 11 is 0. The Morgan fingerprint density at radius 3 is 2.44 bits per heavy atom. The fourth-order valence-electron chi connectivity index (χ4n) is 3.41. The van der Waals surface area contributed by atoms with Gasteiger partial charge in [0.05, 0.1) is 0 Å². The largest absolute Gasteiger partial charge is 0.316 e. The maximum Gasteiger partial charge on any atom is 0.0236 e. The van der Waals surface area contributed by atoms with Crippen molar-refractivity contribution >= 4 is 0 Å². The molecule has 16 heavy (non-hydrogen) atoms. The van der Waals surface area contributed by atoms with Gasteiger partial charge >= 0.3 is 0 Å². The van der Waals surface area contributed by atoms with Gasteiger partial charge in [-0.25, -0.2) is 0 Å². The van der Waals surface area contributed by atoms with Gasteiger partial charge < -0.3 is 5.32 Å². The minimum atomic E-state index is 0.740. The Hall–Kier alpha value is -0.120. The smallest absolute Gasteiger partial charge is 0.0236 e. The first-order valence-corrected chi connectivity index (χ1v) is 7.02. The third-order valence-corrected chi connectivity index (χ3v) is 4.64. The lowest BCUT2D eigenvalue weighted by Gasteiger charge is -2.36. The molecule has 2 aliphatic heterocycles. The van der Waals surface area contributed by atoms with Crippen LogP contribution in [0.25, 0.3) is 0 Å². The highest BCUT2D eigenvalue weighted by atomic mass is 15.3. The highest BCUT2D eigenvalue weighted by Crippen LogP contribution is 2.31. The molecule has 0 spiro atoms. The molecule has 0 aromatic heterocycles. The van der Waals surface area contributed by atoms with Crippen molar-refractivity contribution in [3.8, 4) is 0 Å². The number of piperidine rings is 1. The Morgan fingerprint density at radius 2 is 1.69 bits per heavy atom. The van der Waals surface area contributed by atoms with Crippen LogP contribution in [0.15, 0.2) is 0 Å². The molecule has 3 rings (SSSR count). The Balaban J connectivity index is 1.52. The van der Waals surface area contributed by atoms with Crippen molar-refractivity contribution in [3.63, 3.8) is 0 Å². The molecule has 92 valence electrons. The van der Waals surface area contributed by atoms with Gasteiger partial charge in [0, 0.05) is 37.8 Å². The molecule has 3 fully saturated rings. The molecule has 1 aliphatic carbocycles. The molecule has 0 aromatic rings. The first kappa shape index (κ1) is 11.0. The van der Waals surface area contributed by atoms with Gasteiger partial charge in [-0.15, -0.1) is 0 Å². The fraction of sp³-hybridized carbons (Fsp3) is 1.00. The van der Waals surface area contributed by atoms with Crippen LogP contribution >= 0.6 is 0 Å². The molecule has 3 aliphatic rings. The van der Waals surface area contributed by atoms with E-state index in [1.807, 2.05) is 0 Å². The predicted octanol–water partition coefficient (Wildman–Crippen LogP) is 0.907. The third-order valence-electron chi connectivity index (χ3n) is 4.64. The highest BCUT2D eigenvalue weighted by Gasteiger charge is 2.37. The normalized spacial score (nSPS) is 38.1. The van der Waals surface area contributed by atoms with Gasteiger partial charge in [0.15, 0.2) is 0 Å². The van der Waals surface area contributed by atoms with E-state index >= 15 is 0 Å². The molecule has 0 radical (unpaired) electrons. The van der Waals surface area contributed by atoms with E-state index < -0.39 is 0 Å². The minimum Gasteiger partial charge on any atom is -0.316 e. The number of nitrogens with one attached hydrogen (secondary N) is 1. The summed E-state index contributed by atoms with van der Waals surface area (Å²) in [6, 6.07) is 2.57. The van der Waals surface area contributed by atoms with Gasteiger partial charge in [0.25, 0.3) is 0 Å². The Kier molecular flexibility index (Phi) is 3.18. The van der Waals surface area contributed by atoms with E-state index in [-0.39, 0.29) is 0 Å². The summed E-state index contributed by atoms with van der Waals surface area (Å²) in [5.41, 5.74) is 0. The molecule has 2 unspecified atom stereocenters. The van der Waals surface area contributed by atoms with Crippen LogP contribution in [0.4, 0.5) is 0 Å². The maximum atomic E-state index is 3.45. The number of hydrogen-bond donors (Lipinski definition) is 1. The van der Waals surface area contributed by atoms with Gasteiger partial charge in [-0.3, -0.25) is 9.80 Å². The summed E-state index contributed by atoms with van der Waals surface area (Å²) < 4.78 is 0. The quantitative estimate of drug-likeness (QED) is 0.767. The monoisotopic (exact) mass is 223 g/mol. The second-order valence-corrected chi connectivity index (χ2v) is 5.79. The van der Waals surface area contributed by atoms with Gasteiger partial charge in [-0.1, -0.05) is 0 Å². The fourth-order valence-corrected chi connectivity index (χ4v) is 3.41. The van der Waals surface area contributed by atoms with E-state index in [2.05, 4.69) is 22.2 Å². The molecule has 1 saturated carbocycles. The van der Waals surface area contributed by atoms with Gasteiger partial charge in [0.2, 0.25) is 0 Å². The molecule has 2 heterocycles. The van der Waals surface area contributed by atoms with E-state index in [0.29, 0.717) is 0 Å². The van der Waals surface area contributed by atoms with Crippen LogP contribution in [0.5, 0.6) is 0 Å². The predicted molar refractivity (Wildman–Crippen MR) is 66.7 cm³/mol. The zero-order valence-electron chi connectivity index (χ0n) is 10.5. The lowest BCUT2D eigenvalue weighted by molar-refractivity contribution is 0.139. The highest BCUT2D eigenvalue weighted by molar-refractivity contribution is 4.94. The van der Waals surface area contributed by atoms with Crippen LogP contribution in [0.2, 0.25) is 0 Å². The number of likely N-dealkylation sites (N-methyl/N-ethyl adjacent to an activating group) is 1. The Bertz CT molecular complexity index is 239. The number of nitrogens with zero attached hydrogens (tertiary/aromatic N) is 2. The van der Waals surface area contributed by atoms with Crippen LogP contribution in [0, 0.1) is 0 Å². The van der Waals surface area contributed by atoms with Crippen molar-refractivity contribution in [1.29, 1.82) is 0 Å². The SMILES string of the molecule is CNC1CCCN(C2CCN(C3CC3)C2)C1. The second kappa shape index (κ2) is 4.63. The standard InChI is InChI=1S/C13H25N3/c1-14-11-3-2-7-15(9-11)13-6-8-16(10-13)12-4-5-12/h11-14H,2-10H2,1H3. The van der Waals surface area contributed by atoms with Crippen molar-refractivity contribution in [2.24, 2.45) is 0 Å². The Morgan fingerprint density at radius 1 is 0.875 bits per heavy atom. The van der Waals surface area contributed by atoms with Gasteiger partial charge in [0.1, 0.15) is 0 Å². The van der Waals surface area contributed by atoms with Crippen molar-refractivity contribution in [2.45, 2.75) is 50.2 Å². The average molecular weight is 223 g/mol. The lowest BCUT2D eigenvalue weighted by Crippen LogP contribution is -2.49. The molecule has 0 amide bonds. The van der Waals surface area contributed by atoms with Crippen molar-refractivity contribution in [2.75, 3.05) is 33.2 Å². The van der Waals surface area contributed by atoms with Crippen LogP contribution in [-0.4, -0.2) is 61.2 Å². The summed E-state index contributed by atoms with van der Waals surface area (Å²) in [4.78, 5) is 5.47. The van der Waals surface area contributed by atoms with Crippen molar-refractivity contribution < 1.29 is 0 Å². The molecule has 1 N–H and O–H groups in total. The second-order valence-electron chi connectivity index (χ2n) is 5.79. The van der Waals surface area contributed by atoms with Gasteiger partial charge in [-0.05, 0) is 45.7 Å². The number of hydrogen-bond acceptors (Lipinski definition) is 3. The lowest BCUT2D eigenvalue weighted by atomic mass is 10.0. The molecular weight excluding hydrogens is 198 g/mol. The maximum absolute atomic E-state index is 3.45. The van der Waals surface area contributed by atoms with Crippen LogP contribution in [0.1, 0.15) is 32.1 Å². The molecular formula is C13H25N3. The first-order chi connectivity index (χ1) is 7.86. The molecule has 2 saturated heterocycles. The average Bonchev–Trinajstić information content (AvgIpc) is 3.07. The molecule has 0 bridgehead atoms. The topological polar surface area (TPSA) is 18.5 Å². The van der Waals surface area contributed by atoms with E-state index in [4.69, 9.17) is 0 Å². The van der Waals surface area contributed by atoms with Gasteiger partial charge in [-0.2, -0.15) is 0 Å². The summed E-state index contributed by atoms with van der Waals surface area (Å²) in [6.45, 7) is 5.32. The summed E-state index contributed by atoms with van der Waals surface area (Å²) in [5.74, 6) is 0. The zero-order chi connectivity index (χ0) is 11.0. The minimum absolute atomic E-state index is 0.740. The van der Waals surface area contributed by atoms with Crippen LogP contribution in [0.3, 0.4) is 0 Å². The Labute approximate surface area is 99.2 Å². The summed E-state index contributed by atoms with van der Waals surface area (Å²) in [6.07, 6.45) is 7.09. The van der Waals surface area contributed by atoms with Crippen LogP contribution < -0.4 is 5.32 Å². The van der Waals surface area contributed by atoms with Crippen LogP contribution in [-0.2, 0) is 0 Å². The molecule has 0 aromatic carbocycles. The zero-order valence-corrected chi connectivity index (χ0v) is 10.5. The number of rotatable bonds is 3. The van der Waals surface area contributed by atoms with E-state index in [9.17, 15) is 0 Å². The summed E-state index contributed by atoms with van der Waals surface area (Å²) in [5, 5.41) is 3.45. The summed E-state index contributed by atoms with van der Waals surface area (Å²) in [7, 11) is 2.11. The van der Waals surface area contributed by atoms with E-state index in [1.165, 1.54) is 58.3 Å². The van der Waals surface area contributed by atoms with Crippen molar-refractivity contribution in [1.82, 2.24) is 15.1 Å². The first-order valence-electron chi connectivity index (χ1n) is 7.02. The van der Waals surface area contributed by atoms with Crippen molar-refractivity contribution in [3.05, 3.63) is 0 Å².